The van der Waals surface area contributed by atoms with E-state index in [1.807, 2.05) is 35.7 Å². The molecule has 6 heteroatoms. The lowest BCUT2D eigenvalue weighted by Gasteiger charge is -2.39. The lowest BCUT2D eigenvalue weighted by Crippen LogP contribution is -2.31. The molecule has 2 spiro atoms. The van der Waals surface area contributed by atoms with E-state index in [-0.39, 0.29) is 0 Å². The highest BCUT2D eigenvalue weighted by atomic mass is 32.2. The van der Waals surface area contributed by atoms with E-state index in [4.69, 9.17) is 9.97 Å². The van der Waals surface area contributed by atoms with Gasteiger partial charge in [-0.1, -0.05) is 363 Å². The van der Waals surface area contributed by atoms with Crippen molar-refractivity contribution in [3.8, 4) is 101 Å². The average molecular weight is 1650 g/mol. The number of hydrogen-bond acceptors (Lipinski definition) is 5. The second kappa shape index (κ2) is 28.7. The number of rotatable bonds is 7. The van der Waals surface area contributed by atoms with Crippen LogP contribution in [-0.4, -0.2) is 14.5 Å². The van der Waals surface area contributed by atoms with Crippen LogP contribution in [0.1, 0.15) is 50.1 Å². The summed E-state index contributed by atoms with van der Waals surface area (Å²) < 4.78 is 2.29. The van der Waals surface area contributed by atoms with Crippen molar-refractivity contribution in [2.45, 2.75) is 30.4 Å². The van der Waals surface area contributed by atoms with Crippen molar-refractivity contribution in [2.24, 2.45) is 0 Å². The number of benzene rings is 20. The maximum absolute atomic E-state index is 9.65. The van der Waals surface area contributed by atoms with Crippen molar-refractivity contribution in [3.05, 3.63) is 487 Å². The second-order valence-electron chi connectivity index (χ2n) is 33.8. The molecule has 588 valence electrons. The van der Waals surface area contributed by atoms with Gasteiger partial charge in [-0.3, -0.25) is 0 Å². The number of hydrogen-bond donors (Lipinski definition) is 0. The summed E-state index contributed by atoms with van der Waals surface area (Å²) in [6.45, 7) is 0. The van der Waals surface area contributed by atoms with Crippen LogP contribution in [0.4, 0.5) is 0 Å². The predicted octanol–water partition coefficient (Wildman–Crippen LogP) is 31.7. The quantitative estimate of drug-likeness (QED) is 0.118. The molecule has 23 aromatic rings. The summed E-state index contributed by atoms with van der Waals surface area (Å²) in [6.07, 6.45) is 0. The summed E-state index contributed by atoms with van der Waals surface area (Å²) >= 11 is 3.77. The topological polar surface area (TPSA) is 54.5 Å². The third-order valence-corrected chi connectivity index (χ3v) is 29.7. The Labute approximate surface area is 742 Å². The summed E-state index contributed by atoms with van der Waals surface area (Å²) in [5.74, 6) is 0. The van der Waals surface area contributed by atoms with Crippen molar-refractivity contribution in [3.63, 3.8) is 0 Å². The number of fused-ring (bicyclic) bond motifs is 29. The Kier molecular flexibility index (Phi) is 16.4. The summed E-state index contributed by atoms with van der Waals surface area (Å²) in [5.41, 5.74) is 34.5. The first kappa shape index (κ1) is 72.8. The Morgan fingerprint density at radius 1 is 0.220 bits per heavy atom. The first-order chi connectivity index (χ1) is 62.9. The SMILES string of the molecule is N#Cc1ccc2c(c1)c1ccccc1n2-c1ccc(-c2ccc3c(c2)nc(-c2ccccc2)c2cc4c(cc23)C2(c3ccccc3Sc3ccccc32)c2ccccc2-4)cc1.c1ccc(-c2ccc(-c3c4ccccc4c(-c4ccc5c(c4)nc(-c4ccccc4)c4cc6c(cc45)C4(c5ccccc5Sc5ccccc54)c4ccccc4-6)c4ccccc34)cc2)cc1. The number of aromatic nitrogens is 3. The van der Waals surface area contributed by atoms with Gasteiger partial charge in [-0.05, 0) is 241 Å². The van der Waals surface area contributed by atoms with Gasteiger partial charge in [0.05, 0.1) is 55.9 Å². The Hall–Kier alpha value is -15.8. The highest BCUT2D eigenvalue weighted by molar-refractivity contribution is 7.99. The zero-order valence-corrected chi connectivity index (χ0v) is 70.3. The fourth-order valence-corrected chi connectivity index (χ4v) is 24.4. The first-order valence-corrected chi connectivity index (χ1v) is 45.1. The molecule has 2 aliphatic heterocycles. The molecule has 3 aromatic heterocycles. The van der Waals surface area contributed by atoms with Gasteiger partial charge >= 0.3 is 0 Å². The van der Waals surface area contributed by atoms with E-state index in [2.05, 4.69) is 435 Å². The van der Waals surface area contributed by atoms with Crippen molar-refractivity contribution < 1.29 is 0 Å². The van der Waals surface area contributed by atoms with E-state index >= 15 is 0 Å². The number of nitrogens with zero attached hydrogens (tertiary/aromatic N) is 4. The van der Waals surface area contributed by atoms with Crippen LogP contribution in [-0.2, 0) is 10.8 Å². The zero-order chi connectivity index (χ0) is 83.6. The van der Waals surface area contributed by atoms with Gasteiger partial charge in [0.2, 0.25) is 0 Å². The average Bonchev–Trinajstić information content (AvgIpc) is 1.53. The minimum atomic E-state index is -0.470. The molecule has 0 amide bonds. The van der Waals surface area contributed by atoms with Gasteiger partial charge in [0.1, 0.15) is 0 Å². The van der Waals surface area contributed by atoms with Crippen LogP contribution in [0, 0.1) is 11.3 Å². The lowest BCUT2D eigenvalue weighted by atomic mass is 9.67. The Bertz CT molecular complexity index is 8500. The summed E-state index contributed by atoms with van der Waals surface area (Å²) in [4.78, 5) is 16.4. The molecule has 0 saturated heterocycles. The fraction of sp³-hybridized carbons (Fsp3) is 0.0165. The molecule has 27 rings (SSSR count). The van der Waals surface area contributed by atoms with Gasteiger partial charge in [-0.15, -0.1) is 0 Å². The van der Waals surface area contributed by atoms with E-state index in [1.54, 1.807) is 0 Å². The standard InChI is InChI=1S/C64H39NS.C57H33N3S/c1-3-17-40(18-4-1)41-31-33-42(34-32-41)61-47-22-7-9-24-49(47)62(50-25-10-8-23-48(50)61)44-35-36-46-51-39-57-52(38-53(51)63(65-58(46)37-44)43-19-5-2-6-20-43)45-21-11-12-26-54(45)64(57)55-27-13-15-29-59(55)66-60-30-16-14-28-56(60)64;58-34-35-22-29-53-45(30-35)42-15-5-9-19-52(42)60(53)39-26-23-36(24-27-39)38-25-28-41-43-33-50-44(32-46(43)56(59-51(41)31-38)37-12-2-1-3-13-37)40-14-4-6-16-47(40)57(50)48-17-7-10-20-54(48)61-55-21-11-8-18-49(55)57/h1-39H;1-33H. The number of pyridine rings is 2. The van der Waals surface area contributed by atoms with Crippen LogP contribution in [0.3, 0.4) is 0 Å². The van der Waals surface area contributed by atoms with E-state index in [0.717, 1.165) is 99.3 Å². The molecule has 5 heterocycles. The fourth-order valence-electron chi connectivity index (χ4n) is 22.0. The third-order valence-electron chi connectivity index (χ3n) is 27.4. The van der Waals surface area contributed by atoms with E-state index in [1.165, 1.54) is 146 Å². The van der Waals surface area contributed by atoms with E-state index in [0.29, 0.717) is 5.56 Å². The largest absolute Gasteiger partial charge is 0.309 e. The minimum Gasteiger partial charge on any atom is -0.309 e. The summed E-state index contributed by atoms with van der Waals surface area (Å²) in [7, 11) is 0. The Morgan fingerprint density at radius 2 is 0.575 bits per heavy atom. The molecular formula is C121H72N4S2. The monoisotopic (exact) mass is 1640 g/mol. The van der Waals surface area contributed by atoms with Gasteiger partial charge in [-0.25, -0.2) is 9.97 Å². The van der Waals surface area contributed by atoms with E-state index < -0.39 is 10.8 Å². The van der Waals surface area contributed by atoms with E-state index in [9.17, 15) is 5.26 Å². The predicted molar refractivity (Wildman–Crippen MR) is 528 cm³/mol. The molecular weight excluding hydrogens is 1570 g/mol. The maximum Gasteiger partial charge on any atom is 0.0991 e. The Morgan fingerprint density at radius 3 is 1.06 bits per heavy atom. The molecule has 0 atom stereocenters. The molecule has 0 saturated carbocycles. The van der Waals surface area contributed by atoms with Crippen LogP contribution in [0.15, 0.2) is 456 Å². The molecule has 0 unspecified atom stereocenters. The molecule has 20 aromatic carbocycles. The number of nitriles is 1. The molecule has 0 N–H and O–H groups in total. The third kappa shape index (κ3) is 10.9. The molecule has 0 radical (unpaired) electrons. The van der Waals surface area contributed by atoms with Crippen molar-refractivity contribution in [2.75, 3.05) is 0 Å². The highest BCUT2D eigenvalue weighted by Gasteiger charge is 2.52. The molecule has 127 heavy (non-hydrogen) atoms. The molecule has 4 nitrogen and oxygen atoms in total. The first-order valence-electron chi connectivity index (χ1n) is 43.4. The van der Waals surface area contributed by atoms with Crippen LogP contribution in [0.5, 0.6) is 0 Å². The minimum absolute atomic E-state index is 0.461. The highest BCUT2D eigenvalue weighted by Crippen LogP contribution is 2.66. The van der Waals surface area contributed by atoms with Gasteiger partial charge in [0.15, 0.2) is 0 Å². The Balaban J connectivity index is 0.000000135. The maximum atomic E-state index is 9.65. The van der Waals surface area contributed by atoms with Gasteiger partial charge in [0.25, 0.3) is 0 Å². The van der Waals surface area contributed by atoms with Crippen LogP contribution in [0.2, 0.25) is 0 Å². The molecule has 2 aliphatic carbocycles. The van der Waals surface area contributed by atoms with Crippen molar-refractivity contribution >= 4 is 110 Å². The van der Waals surface area contributed by atoms with Crippen molar-refractivity contribution in [1.29, 1.82) is 5.26 Å². The zero-order valence-electron chi connectivity index (χ0n) is 68.7. The number of para-hydroxylation sites is 1. The van der Waals surface area contributed by atoms with Crippen LogP contribution >= 0.6 is 23.5 Å². The van der Waals surface area contributed by atoms with Crippen LogP contribution in [0.25, 0.3) is 182 Å². The normalized spacial score (nSPS) is 13.3. The lowest BCUT2D eigenvalue weighted by molar-refractivity contribution is 0.723. The molecule has 0 bridgehead atoms. The summed E-state index contributed by atoms with van der Waals surface area (Å²) in [6, 6.07) is 163. The van der Waals surface area contributed by atoms with Crippen molar-refractivity contribution in [1.82, 2.24) is 14.5 Å². The summed E-state index contributed by atoms with van der Waals surface area (Å²) in [5, 5.41) is 23.8. The van der Waals surface area contributed by atoms with Gasteiger partial charge in [0, 0.05) is 68.7 Å². The molecule has 0 fully saturated rings. The van der Waals surface area contributed by atoms with Gasteiger partial charge < -0.3 is 4.57 Å². The van der Waals surface area contributed by atoms with Gasteiger partial charge in [-0.2, -0.15) is 5.26 Å². The molecule has 4 aliphatic rings. The van der Waals surface area contributed by atoms with Crippen LogP contribution < -0.4 is 0 Å². The second-order valence-corrected chi connectivity index (χ2v) is 36.0. The smallest absolute Gasteiger partial charge is 0.0991 e.